The van der Waals surface area contributed by atoms with Gasteiger partial charge in [-0.15, -0.1) is 0 Å². The van der Waals surface area contributed by atoms with Gasteiger partial charge in [0.05, 0.1) is 13.2 Å². The molecule has 2 N–H and O–H groups in total. The third-order valence-corrected chi connectivity index (χ3v) is 6.59. The van der Waals surface area contributed by atoms with E-state index in [-0.39, 0.29) is 5.54 Å². The van der Waals surface area contributed by atoms with Crippen molar-refractivity contribution in [2.45, 2.75) is 64.7 Å². The molecular formula is C24H41N5O. The highest BCUT2D eigenvalue weighted by atomic mass is 16.5. The number of ether oxygens (including phenoxy) is 1. The molecule has 168 valence electrons. The fourth-order valence-corrected chi connectivity index (χ4v) is 4.38. The molecule has 6 heteroatoms. The van der Waals surface area contributed by atoms with E-state index in [1.807, 2.05) is 7.05 Å². The Morgan fingerprint density at radius 1 is 1.07 bits per heavy atom. The van der Waals surface area contributed by atoms with Crippen LogP contribution in [0.3, 0.4) is 0 Å². The van der Waals surface area contributed by atoms with Gasteiger partial charge in [-0.05, 0) is 51.3 Å². The fraction of sp³-hybridized carbons (Fsp3) is 0.708. The number of benzene rings is 1. The van der Waals surface area contributed by atoms with Crippen LogP contribution >= 0.6 is 0 Å². The third kappa shape index (κ3) is 6.69. The van der Waals surface area contributed by atoms with Gasteiger partial charge in [-0.1, -0.05) is 30.7 Å². The highest BCUT2D eigenvalue weighted by Crippen LogP contribution is 2.19. The van der Waals surface area contributed by atoms with Gasteiger partial charge in [-0.2, -0.15) is 0 Å². The molecular weight excluding hydrogens is 374 g/mol. The lowest BCUT2D eigenvalue weighted by Gasteiger charge is -2.41. The second-order valence-corrected chi connectivity index (χ2v) is 9.32. The van der Waals surface area contributed by atoms with Gasteiger partial charge in [-0.3, -0.25) is 14.8 Å². The first-order valence-corrected chi connectivity index (χ1v) is 11.6. The average molecular weight is 416 g/mol. The van der Waals surface area contributed by atoms with Crippen molar-refractivity contribution in [3.8, 4) is 0 Å². The van der Waals surface area contributed by atoms with E-state index in [1.165, 1.54) is 36.9 Å². The summed E-state index contributed by atoms with van der Waals surface area (Å²) in [7, 11) is 1.83. The number of guanidine groups is 1. The SMILES string of the molecule is CN=C(NCc1ccc(CN2CCCCC2C)cc1)NCC(C)(C)N1CCOCC1. The van der Waals surface area contributed by atoms with E-state index < -0.39 is 0 Å². The summed E-state index contributed by atoms with van der Waals surface area (Å²) in [6.07, 6.45) is 4.04. The molecule has 0 aliphatic carbocycles. The second-order valence-electron chi connectivity index (χ2n) is 9.32. The molecule has 0 amide bonds. The van der Waals surface area contributed by atoms with Crippen molar-refractivity contribution in [2.24, 2.45) is 4.99 Å². The van der Waals surface area contributed by atoms with Crippen LogP contribution < -0.4 is 10.6 Å². The van der Waals surface area contributed by atoms with Crippen molar-refractivity contribution in [2.75, 3.05) is 46.4 Å². The number of aliphatic imine (C=N–C) groups is 1. The maximum atomic E-state index is 5.48. The summed E-state index contributed by atoms with van der Waals surface area (Å²) in [6.45, 7) is 14.5. The van der Waals surface area contributed by atoms with Crippen LogP contribution in [-0.2, 0) is 17.8 Å². The minimum atomic E-state index is 0.0641. The van der Waals surface area contributed by atoms with Crippen molar-refractivity contribution in [3.63, 3.8) is 0 Å². The van der Waals surface area contributed by atoms with Crippen LogP contribution in [0.4, 0.5) is 0 Å². The molecule has 1 aromatic carbocycles. The van der Waals surface area contributed by atoms with Gasteiger partial charge in [0.25, 0.3) is 0 Å². The van der Waals surface area contributed by atoms with E-state index in [0.717, 1.165) is 51.9 Å². The van der Waals surface area contributed by atoms with Crippen LogP contribution in [0, 0.1) is 0 Å². The lowest BCUT2D eigenvalue weighted by atomic mass is 10.0. The monoisotopic (exact) mass is 415 g/mol. The van der Waals surface area contributed by atoms with Crippen LogP contribution in [-0.4, -0.2) is 73.8 Å². The summed E-state index contributed by atoms with van der Waals surface area (Å²) in [5, 5.41) is 6.95. The fourth-order valence-electron chi connectivity index (χ4n) is 4.38. The van der Waals surface area contributed by atoms with E-state index in [4.69, 9.17) is 4.74 Å². The third-order valence-electron chi connectivity index (χ3n) is 6.59. The van der Waals surface area contributed by atoms with E-state index in [2.05, 4.69) is 70.5 Å². The Morgan fingerprint density at radius 3 is 2.43 bits per heavy atom. The van der Waals surface area contributed by atoms with Crippen LogP contribution in [0.1, 0.15) is 51.2 Å². The number of hydrogen-bond acceptors (Lipinski definition) is 4. The summed E-state index contributed by atoms with van der Waals surface area (Å²) in [4.78, 5) is 9.49. The van der Waals surface area contributed by atoms with Gasteiger partial charge >= 0.3 is 0 Å². The smallest absolute Gasteiger partial charge is 0.191 e. The predicted octanol–water partition coefficient (Wildman–Crippen LogP) is 2.84. The zero-order valence-corrected chi connectivity index (χ0v) is 19.4. The van der Waals surface area contributed by atoms with Crippen molar-refractivity contribution >= 4 is 5.96 Å². The Balaban J connectivity index is 1.44. The largest absolute Gasteiger partial charge is 0.379 e. The van der Waals surface area contributed by atoms with Gasteiger partial charge in [0.15, 0.2) is 5.96 Å². The Labute approximate surface area is 183 Å². The first-order chi connectivity index (χ1) is 14.5. The van der Waals surface area contributed by atoms with Gasteiger partial charge < -0.3 is 15.4 Å². The lowest BCUT2D eigenvalue weighted by molar-refractivity contribution is -0.00834. The Bertz CT molecular complexity index is 667. The van der Waals surface area contributed by atoms with Crippen molar-refractivity contribution in [1.29, 1.82) is 0 Å². The van der Waals surface area contributed by atoms with Crippen LogP contribution in [0.15, 0.2) is 29.3 Å². The Kier molecular flexibility index (Phi) is 8.54. The number of likely N-dealkylation sites (tertiary alicyclic amines) is 1. The maximum Gasteiger partial charge on any atom is 0.191 e. The van der Waals surface area contributed by atoms with E-state index >= 15 is 0 Å². The molecule has 1 atom stereocenters. The second kappa shape index (κ2) is 11.1. The zero-order valence-electron chi connectivity index (χ0n) is 19.4. The number of hydrogen-bond donors (Lipinski definition) is 2. The van der Waals surface area contributed by atoms with E-state index in [1.54, 1.807) is 0 Å². The standard InChI is InChI=1S/C24H41N5O/c1-20-7-5-6-12-28(20)18-22-10-8-21(9-11-22)17-26-23(25-4)27-19-24(2,3)29-13-15-30-16-14-29/h8-11,20H,5-7,12-19H2,1-4H3,(H2,25,26,27). The van der Waals surface area contributed by atoms with Crippen LogP contribution in [0.25, 0.3) is 0 Å². The highest BCUT2D eigenvalue weighted by molar-refractivity contribution is 5.79. The summed E-state index contributed by atoms with van der Waals surface area (Å²) in [6, 6.07) is 9.73. The molecule has 2 aliphatic rings. The lowest BCUT2D eigenvalue weighted by Crippen LogP contribution is -2.56. The molecule has 2 fully saturated rings. The normalized spacial score (nSPS) is 22.1. The molecule has 3 rings (SSSR count). The highest BCUT2D eigenvalue weighted by Gasteiger charge is 2.28. The summed E-state index contributed by atoms with van der Waals surface area (Å²) in [5.74, 6) is 0.850. The van der Waals surface area contributed by atoms with E-state index in [0.29, 0.717) is 6.04 Å². The van der Waals surface area contributed by atoms with Crippen molar-refractivity contribution in [3.05, 3.63) is 35.4 Å². The van der Waals surface area contributed by atoms with Gasteiger partial charge in [-0.25, -0.2) is 0 Å². The molecule has 30 heavy (non-hydrogen) atoms. The molecule has 0 radical (unpaired) electrons. The van der Waals surface area contributed by atoms with Gasteiger partial charge in [0.2, 0.25) is 0 Å². The predicted molar refractivity (Wildman–Crippen MR) is 125 cm³/mol. The van der Waals surface area contributed by atoms with E-state index in [9.17, 15) is 0 Å². The van der Waals surface area contributed by atoms with Gasteiger partial charge in [0, 0.05) is 51.4 Å². The molecule has 1 aromatic rings. The van der Waals surface area contributed by atoms with Crippen LogP contribution in [0.5, 0.6) is 0 Å². The Morgan fingerprint density at radius 2 is 1.77 bits per heavy atom. The topological polar surface area (TPSA) is 52.1 Å². The number of rotatable bonds is 7. The first-order valence-electron chi connectivity index (χ1n) is 11.6. The molecule has 2 aliphatic heterocycles. The summed E-state index contributed by atoms with van der Waals surface area (Å²) >= 11 is 0. The first kappa shape index (κ1) is 23.0. The number of morpholine rings is 1. The van der Waals surface area contributed by atoms with Crippen molar-refractivity contribution < 1.29 is 4.74 Å². The number of piperidine rings is 1. The molecule has 2 saturated heterocycles. The molecule has 2 heterocycles. The minimum Gasteiger partial charge on any atom is -0.379 e. The Hall–Kier alpha value is -1.63. The molecule has 0 spiro atoms. The quantitative estimate of drug-likeness (QED) is 0.530. The van der Waals surface area contributed by atoms with Crippen molar-refractivity contribution in [1.82, 2.24) is 20.4 Å². The zero-order chi connectivity index (χ0) is 21.4. The van der Waals surface area contributed by atoms with Crippen LogP contribution in [0.2, 0.25) is 0 Å². The number of nitrogens with one attached hydrogen (secondary N) is 2. The van der Waals surface area contributed by atoms with Gasteiger partial charge in [0.1, 0.15) is 0 Å². The molecule has 6 nitrogen and oxygen atoms in total. The summed E-state index contributed by atoms with van der Waals surface area (Å²) < 4.78 is 5.48. The minimum absolute atomic E-state index is 0.0641. The summed E-state index contributed by atoms with van der Waals surface area (Å²) in [5.41, 5.74) is 2.75. The molecule has 0 aromatic heterocycles. The maximum absolute atomic E-state index is 5.48. The molecule has 0 bridgehead atoms. The molecule has 0 saturated carbocycles. The average Bonchev–Trinajstić information content (AvgIpc) is 2.77. The number of nitrogens with zero attached hydrogens (tertiary/aromatic N) is 3. The molecule has 1 unspecified atom stereocenters.